The molecule has 0 rings (SSSR count). The average molecular weight is 146 g/mol. The molecule has 0 aliphatic carbocycles. The van der Waals surface area contributed by atoms with Gasteiger partial charge in [0.2, 0.25) is 0 Å². The van der Waals surface area contributed by atoms with Crippen molar-refractivity contribution in [2.45, 2.75) is 20.3 Å². The molecule has 0 aromatic rings. The van der Waals surface area contributed by atoms with Gasteiger partial charge in [0.25, 0.3) is 0 Å². The Bertz CT molecular complexity index is 90.9. The summed E-state index contributed by atoms with van der Waals surface area (Å²) in [4.78, 5) is 10.5. The maximum atomic E-state index is 10.5. The van der Waals surface area contributed by atoms with Gasteiger partial charge in [0.15, 0.2) is 0 Å². The first-order valence-corrected chi connectivity index (χ1v) is 3.54. The first-order chi connectivity index (χ1) is 4.81. The molecule has 0 spiro atoms. The summed E-state index contributed by atoms with van der Waals surface area (Å²) < 4.78 is 9.68. The Morgan fingerprint density at radius 3 is 2.50 bits per heavy atom. The first-order valence-electron chi connectivity index (χ1n) is 3.54. The van der Waals surface area contributed by atoms with Gasteiger partial charge in [-0.3, -0.25) is 4.79 Å². The van der Waals surface area contributed by atoms with Crippen LogP contribution in [0.2, 0.25) is 0 Å². The second kappa shape index (κ2) is 6.55. The average Bonchev–Trinajstić information content (AvgIpc) is 1.98. The molecule has 0 N–H and O–H groups in total. The fraction of sp³-hybridized carbons (Fsp3) is 0.857. The molecule has 0 aromatic heterocycles. The molecule has 0 unspecified atom stereocenters. The number of esters is 1. The van der Waals surface area contributed by atoms with Gasteiger partial charge in [-0.15, -0.1) is 0 Å². The molecule has 10 heavy (non-hydrogen) atoms. The Hall–Kier alpha value is -0.570. The van der Waals surface area contributed by atoms with Crippen LogP contribution in [0.25, 0.3) is 0 Å². The number of rotatable bonds is 5. The Labute approximate surface area is 61.3 Å². The highest BCUT2D eigenvalue weighted by atomic mass is 16.6. The molecule has 0 radical (unpaired) electrons. The van der Waals surface area contributed by atoms with Crippen molar-refractivity contribution in [1.29, 1.82) is 0 Å². The van der Waals surface area contributed by atoms with Crippen molar-refractivity contribution >= 4 is 5.97 Å². The van der Waals surface area contributed by atoms with Gasteiger partial charge in [0, 0.05) is 13.0 Å². The van der Waals surface area contributed by atoms with Crippen molar-refractivity contribution in [1.82, 2.24) is 0 Å². The summed E-state index contributed by atoms with van der Waals surface area (Å²) in [5.74, 6) is -0.167. The van der Waals surface area contributed by atoms with E-state index >= 15 is 0 Å². The molecule has 0 atom stereocenters. The molecule has 0 fully saturated rings. The molecule has 3 heteroatoms. The van der Waals surface area contributed by atoms with E-state index in [4.69, 9.17) is 9.47 Å². The molecule has 0 aliphatic heterocycles. The maximum absolute atomic E-state index is 10.5. The fourth-order valence-corrected chi connectivity index (χ4v) is 0.461. The van der Waals surface area contributed by atoms with Crippen molar-refractivity contribution in [3.05, 3.63) is 0 Å². The van der Waals surface area contributed by atoms with Crippen LogP contribution in [0.3, 0.4) is 0 Å². The molecule has 0 amide bonds. The monoisotopic (exact) mass is 146 g/mol. The quantitative estimate of drug-likeness (QED) is 0.428. The number of ether oxygens (including phenoxy) is 2. The van der Waals surface area contributed by atoms with E-state index in [-0.39, 0.29) is 5.97 Å². The highest BCUT2D eigenvalue weighted by Crippen LogP contribution is 1.83. The largest absolute Gasteiger partial charge is 0.463 e. The Balaban J connectivity index is 2.96. The fourth-order valence-electron chi connectivity index (χ4n) is 0.461. The summed E-state index contributed by atoms with van der Waals surface area (Å²) in [6, 6.07) is 0. The maximum Gasteiger partial charge on any atom is 0.305 e. The predicted octanol–water partition coefficient (Wildman–Crippen LogP) is 0.976. The van der Waals surface area contributed by atoms with Gasteiger partial charge >= 0.3 is 5.97 Å². The van der Waals surface area contributed by atoms with Crippen molar-refractivity contribution in [2.75, 3.05) is 19.8 Å². The minimum Gasteiger partial charge on any atom is -0.463 e. The van der Waals surface area contributed by atoms with Crippen LogP contribution in [0.4, 0.5) is 0 Å². The van der Waals surface area contributed by atoms with Gasteiger partial charge in [0.1, 0.15) is 6.61 Å². The van der Waals surface area contributed by atoms with Crippen molar-refractivity contribution in [3.63, 3.8) is 0 Å². The zero-order chi connectivity index (χ0) is 7.82. The van der Waals surface area contributed by atoms with Crippen LogP contribution >= 0.6 is 0 Å². The van der Waals surface area contributed by atoms with Crippen LogP contribution in [-0.2, 0) is 14.3 Å². The number of hydrogen-bond acceptors (Lipinski definition) is 3. The molecule has 0 bridgehead atoms. The lowest BCUT2D eigenvalue weighted by molar-refractivity contribution is -0.144. The highest BCUT2D eigenvalue weighted by Gasteiger charge is 1.95. The minimum absolute atomic E-state index is 0.167. The van der Waals surface area contributed by atoms with Crippen LogP contribution in [0.15, 0.2) is 0 Å². The molecule has 0 aromatic carbocycles. The summed E-state index contributed by atoms with van der Waals surface area (Å²) >= 11 is 0. The third kappa shape index (κ3) is 5.56. The molecule has 0 saturated heterocycles. The van der Waals surface area contributed by atoms with Gasteiger partial charge in [-0.2, -0.15) is 0 Å². The third-order valence-electron chi connectivity index (χ3n) is 0.984. The molecule has 60 valence electrons. The van der Waals surface area contributed by atoms with Crippen LogP contribution in [0.5, 0.6) is 0 Å². The van der Waals surface area contributed by atoms with Crippen LogP contribution in [-0.4, -0.2) is 25.8 Å². The topological polar surface area (TPSA) is 35.5 Å². The third-order valence-corrected chi connectivity index (χ3v) is 0.984. The van der Waals surface area contributed by atoms with Gasteiger partial charge in [-0.05, 0) is 6.92 Å². The summed E-state index contributed by atoms with van der Waals surface area (Å²) in [6.07, 6.45) is 0.437. The summed E-state index contributed by atoms with van der Waals surface area (Å²) in [7, 11) is 0. The van der Waals surface area contributed by atoms with Gasteiger partial charge in [-0.1, -0.05) is 6.92 Å². The van der Waals surface area contributed by atoms with Crippen LogP contribution in [0, 0.1) is 0 Å². The minimum atomic E-state index is -0.167. The summed E-state index contributed by atoms with van der Waals surface area (Å²) in [5.41, 5.74) is 0. The highest BCUT2D eigenvalue weighted by molar-refractivity contribution is 5.68. The lowest BCUT2D eigenvalue weighted by atomic mass is 10.5. The molecule has 0 heterocycles. The molecule has 3 nitrogen and oxygen atoms in total. The summed E-state index contributed by atoms with van der Waals surface area (Å²) in [6.45, 7) is 5.22. The van der Waals surface area contributed by atoms with E-state index in [0.29, 0.717) is 26.2 Å². The second-order valence-corrected chi connectivity index (χ2v) is 1.77. The van der Waals surface area contributed by atoms with E-state index in [2.05, 4.69) is 0 Å². The first kappa shape index (κ1) is 9.43. The molecule has 0 aliphatic rings. The van der Waals surface area contributed by atoms with Gasteiger partial charge in [-0.25, -0.2) is 0 Å². The van der Waals surface area contributed by atoms with Crippen LogP contribution in [0.1, 0.15) is 20.3 Å². The zero-order valence-electron chi connectivity index (χ0n) is 6.55. The predicted molar refractivity (Wildman–Crippen MR) is 37.7 cm³/mol. The molecular formula is C7H14O3. The Morgan fingerprint density at radius 2 is 2.00 bits per heavy atom. The summed E-state index contributed by atoms with van der Waals surface area (Å²) in [5, 5.41) is 0. The molecule has 0 saturated carbocycles. The number of hydrogen-bond donors (Lipinski definition) is 0. The SMILES string of the molecule is CCOCCOC(=O)CC. The normalized spacial score (nSPS) is 9.40. The lowest BCUT2D eigenvalue weighted by Crippen LogP contribution is -2.09. The van der Waals surface area contributed by atoms with Crippen molar-refractivity contribution in [3.8, 4) is 0 Å². The van der Waals surface area contributed by atoms with E-state index in [9.17, 15) is 4.79 Å². The van der Waals surface area contributed by atoms with E-state index in [0.717, 1.165) is 0 Å². The number of carbonyl (C=O) groups is 1. The number of carbonyl (C=O) groups excluding carboxylic acids is 1. The standard InChI is InChI=1S/C7H14O3/c1-3-7(8)10-6-5-9-4-2/h3-6H2,1-2H3. The zero-order valence-corrected chi connectivity index (χ0v) is 6.55. The van der Waals surface area contributed by atoms with Crippen molar-refractivity contribution in [2.24, 2.45) is 0 Å². The van der Waals surface area contributed by atoms with E-state index in [1.54, 1.807) is 6.92 Å². The smallest absolute Gasteiger partial charge is 0.305 e. The Morgan fingerprint density at radius 1 is 1.30 bits per heavy atom. The van der Waals surface area contributed by atoms with Gasteiger partial charge < -0.3 is 9.47 Å². The lowest BCUT2D eigenvalue weighted by Gasteiger charge is -2.01. The second-order valence-electron chi connectivity index (χ2n) is 1.77. The van der Waals surface area contributed by atoms with Gasteiger partial charge in [0.05, 0.1) is 6.61 Å². The van der Waals surface area contributed by atoms with E-state index in [1.807, 2.05) is 6.92 Å². The van der Waals surface area contributed by atoms with Crippen molar-refractivity contribution < 1.29 is 14.3 Å². The van der Waals surface area contributed by atoms with Crippen LogP contribution < -0.4 is 0 Å². The van der Waals surface area contributed by atoms with E-state index in [1.165, 1.54) is 0 Å². The van der Waals surface area contributed by atoms with E-state index < -0.39 is 0 Å². The molecular weight excluding hydrogens is 132 g/mol. The Kier molecular flexibility index (Phi) is 6.18.